The van der Waals surface area contributed by atoms with Crippen molar-refractivity contribution in [3.8, 4) is 0 Å². The van der Waals surface area contributed by atoms with Gasteiger partial charge in [0.05, 0.1) is 6.10 Å². The molecule has 0 aromatic heterocycles. The first-order valence-electron chi connectivity index (χ1n) is 14.2. The topological polar surface area (TPSA) is 23.5 Å². The number of fused-ring (bicyclic) bond motifs is 4. The molecule has 5 aliphatic rings. The number of likely N-dealkylation sites (tertiary alicyclic amines) is 1. The van der Waals surface area contributed by atoms with Crippen molar-refractivity contribution >= 4 is 0 Å². The fourth-order valence-electron chi connectivity index (χ4n) is 9.81. The van der Waals surface area contributed by atoms with Crippen molar-refractivity contribution in [1.29, 1.82) is 0 Å². The molecule has 0 spiro atoms. The average Bonchev–Trinajstić information content (AvgIpc) is 3.08. The summed E-state index contributed by atoms with van der Waals surface area (Å²) in [6, 6.07) is 0. The Morgan fingerprint density at radius 1 is 1.00 bits per heavy atom. The Morgan fingerprint density at radius 3 is 2.48 bits per heavy atom. The molecule has 0 aromatic rings. The van der Waals surface area contributed by atoms with Gasteiger partial charge in [0.25, 0.3) is 0 Å². The van der Waals surface area contributed by atoms with Crippen LogP contribution >= 0.6 is 0 Å². The summed E-state index contributed by atoms with van der Waals surface area (Å²) in [6.45, 7) is 21.2. The van der Waals surface area contributed by atoms with E-state index in [0.717, 1.165) is 18.3 Å². The number of rotatable bonds is 3. The van der Waals surface area contributed by atoms with Crippen LogP contribution in [0.3, 0.4) is 0 Å². The van der Waals surface area contributed by atoms with Crippen LogP contribution in [0.5, 0.6) is 0 Å². The molecule has 33 heavy (non-hydrogen) atoms. The van der Waals surface area contributed by atoms with Crippen LogP contribution < -0.4 is 0 Å². The van der Waals surface area contributed by atoms with Gasteiger partial charge in [-0.15, -0.1) is 0 Å². The highest BCUT2D eigenvalue weighted by atomic mass is 16.3. The van der Waals surface area contributed by atoms with Gasteiger partial charge in [-0.1, -0.05) is 60.1 Å². The Bertz CT molecular complexity index is 849. The lowest BCUT2D eigenvalue weighted by Crippen LogP contribution is -2.53. The molecule has 2 nitrogen and oxygen atoms in total. The Hall–Kier alpha value is -0.600. The second-order valence-electron chi connectivity index (χ2n) is 14.7. The summed E-state index contributed by atoms with van der Waals surface area (Å²) >= 11 is 0. The van der Waals surface area contributed by atoms with E-state index in [4.69, 9.17) is 0 Å². The highest BCUT2D eigenvalue weighted by molar-refractivity contribution is 5.49. The summed E-state index contributed by atoms with van der Waals surface area (Å²) in [7, 11) is 0. The summed E-state index contributed by atoms with van der Waals surface area (Å²) in [4.78, 5) is 2.78. The summed E-state index contributed by atoms with van der Waals surface area (Å²) in [5, 5.41) is 10.8. The van der Waals surface area contributed by atoms with Gasteiger partial charge in [-0.3, -0.25) is 0 Å². The number of piperidine rings is 1. The van der Waals surface area contributed by atoms with E-state index in [0.29, 0.717) is 22.2 Å². The van der Waals surface area contributed by atoms with Gasteiger partial charge >= 0.3 is 0 Å². The van der Waals surface area contributed by atoms with E-state index >= 15 is 0 Å². The molecule has 0 amide bonds. The molecule has 4 aliphatic carbocycles. The Labute approximate surface area is 204 Å². The van der Waals surface area contributed by atoms with Gasteiger partial charge in [-0.25, -0.2) is 0 Å². The van der Waals surface area contributed by atoms with E-state index in [-0.39, 0.29) is 11.5 Å². The molecular formula is C31H51NO. The molecule has 0 aromatic carbocycles. The number of hydrogen-bond acceptors (Lipinski definition) is 2. The zero-order valence-corrected chi connectivity index (χ0v) is 22.8. The maximum atomic E-state index is 10.8. The van der Waals surface area contributed by atoms with Crippen molar-refractivity contribution in [1.82, 2.24) is 4.90 Å². The van der Waals surface area contributed by atoms with Crippen molar-refractivity contribution in [2.45, 2.75) is 112 Å². The van der Waals surface area contributed by atoms with E-state index < -0.39 is 0 Å². The van der Waals surface area contributed by atoms with Gasteiger partial charge in [0, 0.05) is 13.1 Å². The fraction of sp³-hybridized carbons (Fsp3) is 0.871. The normalized spacial score (nSPS) is 43.4. The molecule has 0 radical (unpaired) electrons. The van der Waals surface area contributed by atoms with Crippen LogP contribution in [-0.2, 0) is 0 Å². The molecule has 5 rings (SSSR count). The minimum atomic E-state index is -0.137. The second kappa shape index (κ2) is 7.95. The summed E-state index contributed by atoms with van der Waals surface area (Å²) in [6.07, 6.45) is 13.9. The number of allylic oxidation sites excluding steroid dienone is 4. The van der Waals surface area contributed by atoms with Crippen molar-refractivity contribution in [3.63, 3.8) is 0 Å². The minimum absolute atomic E-state index is 0.0373. The van der Waals surface area contributed by atoms with Crippen LogP contribution in [0.25, 0.3) is 0 Å². The molecule has 6 atom stereocenters. The number of aliphatic hydroxyl groups is 1. The van der Waals surface area contributed by atoms with Gasteiger partial charge in [0.15, 0.2) is 0 Å². The Balaban J connectivity index is 1.37. The minimum Gasteiger partial charge on any atom is -0.393 e. The number of nitrogens with zero attached hydrogens (tertiary/aromatic N) is 1. The van der Waals surface area contributed by atoms with Gasteiger partial charge in [-0.2, -0.15) is 0 Å². The quantitative estimate of drug-likeness (QED) is 0.482. The lowest BCUT2D eigenvalue weighted by molar-refractivity contribution is -0.0905. The third-order valence-corrected chi connectivity index (χ3v) is 11.6. The van der Waals surface area contributed by atoms with Crippen LogP contribution in [0.1, 0.15) is 106 Å². The molecule has 186 valence electrons. The molecule has 0 bridgehead atoms. The third kappa shape index (κ3) is 3.72. The number of aliphatic hydroxyl groups excluding tert-OH is 1. The fourth-order valence-corrected chi connectivity index (χ4v) is 9.81. The van der Waals surface area contributed by atoms with E-state index in [2.05, 4.69) is 59.4 Å². The van der Waals surface area contributed by atoms with Gasteiger partial charge in [0.1, 0.15) is 0 Å². The van der Waals surface area contributed by atoms with Gasteiger partial charge in [-0.05, 0) is 115 Å². The molecule has 1 aliphatic heterocycles. The molecular weight excluding hydrogens is 402 g/mol. The first kappa shape index (κ1) is 24.1. The standard InChI is InChI=1S/C31H51NO/c1-21(19-32-18-8-15-28(2,3)20-32)23-10-11-24-22-9-12-26-29(4,5)27(33)14-17-31(26,7)25(22)13-16-30(23,24)6/h11,21,23,26-27,33H,8-10,12-20H2,1-7H3/t21-,23-,26+,27+,30-,31-/m1/s1. The van der Waals surface area contributed by atoms with E-state index in [1.165, 1.54) is 71.0 Å². The highest BCUT2D eigenvalue weighted by Crippen LogP contribution is 2.66. The maximum Gasteiger partial charge on any atom is 0.0594 e. The lowest BCUT2D eigenvalue weighted by Gasteiger charge is -2.59. The predicted molar refractivity (Wildman–Crippen MR) is 139 cm³/mol. The maximum absolute atomic E-state index is 10.8. The zero-order valence-electron chi connectivity index (χ0n) is 22.8. The SMILES string of the molecule is C[C@H](CN1CCCC(C)(C)C1)[C@H]1CC=C2C3=C(CC[C@@]21C)[C@@]1(C)CC[C@H](O)C(C)(C)[C@@H]1CC3. The summed E-state index contributed by atoms with van der Waals surface area (Å²) in [5.74, 6) is 2.17. The zero-order chi connectivity index (χ0) is 23.8. The van der Waals surface area contributed by atoms with E-state index in [1.807, 2.05) is 0 Å². The van der Waals surface area contributed by atoms with Crippen LogP contribution in [0.15, 0.2) is 22.8 Å². The monoisotopic (exact) mass is 453 g/mol. The average molecular weight is 454 g/mol. The first-order valence-corrected chi connectivity index (χ1v) is 14.2. The molecule has 0 unspecified atom stereocenters. The van der Waals surface area contributed by atoms with Crippen LogP contribution in [-0.4, -0.2) is 35.7 Å². The highest BCUT2D eigenvalue weighted by Gasteiger charge is 2.57. The largest absolute Gasteiger partial charge is 0.393 e. The van der Waals surface area contributed by atoms with Gasteiger partial charge < -0.3 is 10.0 Å². The third-order valence-electron chi connectivity index (χ3n) is 11.6. The molecule has 1 N–H and O–H groups in total. The van der Waals surface area contributed by atoms with Crippen molar-refractivity contribution < 1.29 is 5.11 Å². The predicted octanol–water partition coefficient (Wildman–Crippen LogP) is 7.38. The van der Waals surface area contributed by atoms with E-state index in [1.54, 1.807) is 16.7 Å². The molecule has 1 heterocycles. The van der Waals surface area contributed by atoms with Gasteiger partial charge in [0.2, 0.25) is 0 Å². The Kier molecular flexibility index (Phi) is 5.81. The lowest BCUT2D eigenvalue weighted by atomic mass is 9.46. The molecule has 2 heteroatoms. The molecule has 1 saturated heterocycles. The smallest absolute Gasteiger partial charge is 0.0594 e. The Morgan fingerprint density at radius 2 is 1.76 bits per heavy atom. The molecule has 2 fully saturated rings. The second-order valence-corrected chi connectivity index (χ2v) is 14.7. The van der Waals surface area contributed by atoms with E-state index in [9.17, 15) is 5.11 Å². The first-order chi connectivity index (χ1) is 15.4. The van der Waals surface area contributed by atoms with Crippen molar-refractivity contribution in [3.05, 3.63) is 22.8 Å². The number of hydrogen-bond donors (Lipinski definition) is 1. The van der Waals surface area contributed by atoms with Crippen LogP contribution in [0.4, 0.5) is 0 Å². The van der Waals surface area contributed by atoms with Crippen LogP contribution in [0.2, 0.25) is 0 Å². The summed E-state index contributed by atoms with van der Waals surface area (Å²) < 4.78 is 0. The van der Waals surface area contributed by atoms with Crippen molar-refractivity contribution in [2.24, 2.45) is 39.4 Å². The molecule has 1 saturated carbocycles. The summed E-state index contributed by atoms with van der Waals surface area (Å²) in [5.41, 5.74) is 6.51. The van der Waals surface area contributed by atoms with Crippen molar-refractivity contribution in [2.75, 3.05) is 19.6 Å². The van der Waals surface area contributed by atoms with Crippen LogP contribution in [0, 0.1) is 39.4 Å².